The summed E-state index contributed by atoms with van der Waals surface area (Å²) in [5.41, 5.74) is 1.32. The van der Waals surface area contributed by atoms with Gasteiger partial charge in [-0.15, -0.1) is 0 Å². The van der Waals surface area contributed by atoms with Crippen LogP contribution in [0.15, 0.2) is 24.3 Å². The van der Waals surface area contributed by atoms with Crippen molar-refractivity contribution in [2.75, 3.05) is 33.3 Å². The molecule has 0 saturated carbocycles. The van der Waals surface area contributed by atoms with Crippen LogP contribution >= 0.6 is 0 Å². The molecule has 3 heteroatoms. The Morgan fingerprint density at radius 1 is 1.19 bits per heavy atom. The molecular formula is C18H32N2O. The van der Waals surface area contributed by atoms with E-state index < -0.39 is 0 Å². The van der Waals surface area contributed by atoms with Crippen molar-refractivity contribution in [3.8, 4) is 5.75 Å². The van der Waals surface area contributed by atoms with E-state index in [1.165, 1.54) is 24.9 Å². The van der Waals surface area contributed by atoms with Gasteiger partial charge in [0.25, 0.3) is 0 Å². The van der Waals surface area contributed by atoms with Crippen molar-refractivity contribution < 1.29 is 4.74 Å². The molecule has 1 N–H and O–H groups in total. The Morgan fingerprint density at radius 2 is 2.00 bits per heavy atom. The van der Waals surface area contributed by atoms with Crippen molar-refractivity contribution in [3.05, 3.63) is 29.8 Å². The first-order valence-corrected chi connectivity index (χ1v) is 8.34. The van der Waals surface area contributed by atoms with Gasteiger partial charge in [-0.25, -0.2) is 0 Å². The second-order valence-corrected chi connectivity index (χ2v) is 5.53. The maximum absolute atomic E-state index is 5.36. The van der Waals surface area contributed by atoms with Gasteiger partial charge in [0.05, 0.1) is 7.11 Å². The molecule has 0 bridgehead atoms. The van der Waals surface area contributed by atoms with E-state index in [-0.39, 0.29) is 0 Å². The molecule has 0 aliphatic heterocycles. The Balaban J connectivity index is 2.77. The number of methoxy groups -OCH3 is 1. The quantitative estimate of drug-likeness (QED) is 0.670. The van der Waals surface area contributed by atoms with E-state index in [0.29, 0.717) is 6.04 Å². The molecule has 0 radical (unpaired) electrons. The predicted octanol–water partition coefficient (Wildman–Crippen LogP) is 3.86. The first-order chi connectivity index (χ1) is 10.2. The lowest BCUT2D eigenvalue weighted by atomic mass is 10.1. The molecule has 1 atom stereocenters. The SMILES string of the molecule is CCCCN(CC)CC(NCCC)c1cccc(OC)c1. The standard InChI is InChI=1S/C18H32N2O/c1-5-8-13-20(7-3)15-18(19-12-6-2)16-10-9-11-17(14-16)21-4/h9-11,14,18-19H,5-8,12-13,15H2,1-4H3. The van der Waals surface area contributed by atoms with Gasteiger partial charge in [-0.3, -0.25) is 0 Å². The zero-order valence-corrected chi connectivity index (χ0v) is 14.2. The van der Waals surface area contributed by atoms with Gasteiger partial charge < -0.3 is 15.0 Å². The summed E-state index contributed by atoms with van der Waals surface area (Å²) in [7, 11) is 1.73. The molecule has 1 unspecified atom stereocenters. The molecule has 21 heavy (non-hydrogen) atoms. The van der Waals surface area contributed by atoms with E-state index in [1.54, 1.807) is 7.11 Å². The number of rotatable bonds is 11. The summed E-state index contributed by atoms with van der Waals surface area (Å²) in [6.07, 6.45) is 3.68. The van der Waals surface area contributed by atoms with E-state index in [1.807, 2.05) is 6.07 Å². The number of ether oxygens (including phenoxy) is 1. The van der Waals surface area contributed by atoms with Crippen molar-refractivity contribution in [2.24, 2.45) is 0 Å². The molecule has 3 nitrogen and oxygen atoms in total. The second kappa shape index (κ2) is 10.6. The Morgan fingerprint density at radius 3 is 2.62 bits per heavy atom. The van der Waals surface area contributed by atoms with Gasteiger partial charge in [-0.05, 0) is 50.2 Å². The van der Waals surface area contributed by atoms with Crippen LogP contribution in [0.2, 0.25) is 0 Å². The number of benzene rings is 1. The summed E-state index contributed by atoms with van der Waals surface area (Å²) in [6, 6.07) is 8.81. The summed E-state index contributed by atoms with van der Waals surface area (Å²) in [6.45, 7) is 11.1. The van der Waals surface area contributed by atoms with Crippen LogP contribution < -0.4 is 10.1 Å². The van der Waals surface area contributed by atoms with Gasteiger partial charge in [-0.1, -0.05) is 39.3 Å². The fraction of sp³-hybridized carbons (Fsp3) is 0.667. The molecule has 1 rings (SSSR count). The largest absolute Gasteiger partial charge is 0.497 e. The Labute approximate surface area is 130 Å². The minimum atomic E-state index is 0.372. The predicted molar refractivity (Wildman–Crippen MR) is 91.1 cm³/mol. The number of hydrogen-bond donors (Lipinski definition) is 1. The van der Waals surface area contributed by atoms with Gasteiger partial charge in [0, 0.05) is 12.6 Å². The molecule has 0 amide bonds. The van der Waals surface area contributed by atoms with Crippen LogP contribution in [0.4, 0.5) is 0 Å². The zero-order chi connectivity index (χ0) is 15.5. The summed E-state index contributed by atoms with van der Waals surface area (Å²) in [4.78, 5) is 2.54. The summed E-state index contributed by atoms with van der Waals surface area (Å²) < 4.78 is 5.36. The first-order valence-electron chi connectivity index (χ1n) is 8.34. The molecular weight excluding hydrogens is 260 g/mol. The van der Waals surface area contributed by atoms with Gasteiger partial charge in [-0.2, -0.15) is 0 Å². The molecule has 0 aliphatic rings. The number of unbranched alkanes of at least 4 members (excludes halogenated alkanes) is 1. The lowest BCUT2D eigenvalue weighted by Crippen LogP contribution is -2.36. The average Bonchev–Trinajstić information content (AvgIpc) is 2.54. The van der Waals surface area contributed by atoms with Gasteiger partial charge in [0.15, 0.2) is 0 Å². The highest BCUT2D eigenvalue weighted by Crippen LogP contribution is 2.20. The number of nitrogens with zero attached hydrogens (tertiary/aromatic N) is 1. The van der Waals surface area contributed by atoms with E-state index in [9.17, 15) is 0 Å². The highest BCUT2D eigenvalue weighted by molar-refractivity contribution is 5.30. The second-order valence-electron chi connectivity index (χ2n) is 5.53. The smallest absolute Gasteiger partial charge is 0.119 e. The van der Waals surface area contributed by atoms with Crippen LogP contribution in [0.25, 0.3) is 0 Å². The third-order valence-electron chi connectivity index (χ3n) is 3.85. The van der Waals surface area contributed by atoms with Crippen molar-refractivity contribution in [2.45, 2.75) is 46.1 Å². The molecule has 0 heterocycles. The topological polar surface area (TPSA) is 24.5 Å². The van der Waals surface area contributed by atoms with Crippen LogP contribution in [0.3, 0.4) is 0 Å². The van der Waals surface area contributed by atoms with E-state index >= 15 is 0 Å². The summed E-state index contributed by atoms with van der Waals surface area (Å²) in [5.74, 6) is 0.937. The molecule has 0 saturated heterocycles. The lowest BCUT2D eigenvalue weighted by molar-refractivity contribution is 0.250. The highest BCUT2D eigenvalue weighted by atomic mass is 16.5. The minimum Gasteiger partial charge on any atom is -0.497 e. The van der Waals surface area contributed by atoms with E-state index in [4.69, 9.17) is 4.74 Å². The van der Waals surface area contributed by atoms with Crippen LogP contribution in [0.5, 0.6) is 5.75 Å². The monoisotopic (exact) mass is 292 g/mol. The molecule has 0 aromatic heterocycles. The normalized spacial score (nSPS) is 12.6. The Bertz CT molecular complexity index is 381. The number of nitrogens with one attached hydrogen (secondary N) is 1. The van der Waals surface area contributed by atoms with Gasteiger partial charge >= 0.3 is 0 Å². The summed E-state index contributed by atoms with van der Waals surface area (Å²) in [5, 5.41) is 3.68. The van der Waals surface area contributed by atoms with Gasteiger partial charge in [0.2, 0.25) is 0 Å². The van der Waals surface area contributed by atoms with E-state index in [2.05, 4.69) is 49.2 Å². The van der Waals surface area contributed by atoms with Crippen LogP contribution in [0, 0.1) is 0 Å². The minimum absolute atomic E-state index is 0.372. The molecule has 120 valence electrons. The molecule has 0 spiro atoms. The fourth-order valence-electron chi connectivity index (χ4n) is 2.48. The lowest BCUT2D eigenvalue weighted by Gasteiger charge is -2.27. The Hall–Kier alpha value is -1.06. The molecule has 1 aromatic carbocycles. The maximum atomic E-state index is 5.36. The third-order valence-corrected chi connectivity index (χ3v) is 3.85. The van der Waals surface area contributed by atoms with Crippen LogP contribution in [0.1, 0.15) is 51.6 Å². The van der Waals surface area contributed by atoms with Crippen molar-refractivity contribution in [3.63, 3.8) is 0 Å². The Kier molecular flexibility index (Phi) is 9.11. The molecule has 0 fully saturated rings. The average molecular weight is 292 g/mol. The first kappa shape index (κ1) is 18.0. The summed E-state index contributed by atoms with van der Waals surface area (Å²) >= 11 is 0. The van der Waals surface area contributed by atoms with Crippen molar-refractivity contribution in [1.82, 2.24) is 10.2 Å². The fourth-order valence-corrected chi connectivity index (χ4v) is 2.48. The highest BCUT2D eigenvalue weighted by Gasteiger charge is 2.15. The molecule has 0 aliphatic carbocycles. The van der Waals surface area contributed by atoms with E-state index in [0.717, 1.165) is 31.8 Å². The number of hydrogen-bond acceptors (Lipinski definition) is 3. The van der Waals surface area contributed by atoms with Gasteiger partial charge in [0.1, 0.15) is 5.75 Å². The van der Waals surface area contributed by atoms with Crippen LogP contribution in [-0.4, -0.2) is 38.2 Å². The number of likely N-dealkylation sites (N-methyl/N-ethyl adjacent to an activating group) is 1. The van der Waals surface area contributed by atoms with Crippen LogP contribution in [-0.2, 0) is 0 Å². The maximum Gasteiger partial charge on any atom is 0.119 e. The molecule has 1 aromatic rings. The third kappa shape index (κ3) is 6.49. The zero-order valence-electron chi connectivity index (χ0n) is 14.2. The van der Waals surface area contributed by atoms with Crippen molar-refractivity contribution in [1.29, 1.82) is 0 Å². The van der Waals surface area contributed by atoms with Crippen molar-refractivity contribution >= 4 is 0 Å².